The van der Waals surface area contributed by atoms with Gasteiger partial charge in [-0.1, -0.05) is 41.6 Å². The molecule has 3 rings (SSSR count). The molecule has 26 heavy (non-hydrogen) atoms. The van der Waals surface area contributed by atoms with Gasteiger partial charge in [-0.3, -0.25) is 0 Å². The Morgan fingerprint density at radius 3 is 2.46 bits per heavy atom. The van der Waals surface area contributed by atoms with E-state index in [1.165, 1.54) is 30.1 Å². The molecule has 130 valence electrons. The molecular weight excluding hydrogens is 381 g/mol. The number of hydrogen-bond acceptors (Lipinski definition) is 3. The summed E-state index contributed by atoms with van der Waals surface area (Å²) in [7, 11) is 0. The highest BCUT2D eigenvalue weighted by Gasteiger charge is 2.30. The molecule has 0 bridgehead atoms. The minimum Gasteiger partial charge on any atom is -0.248 e. The highest BCUT2D eigenvalue weighted by Crippen LogP contribution is 2.34. The molecule has 0 unspecified atom stereocenters. The summed E-state index contributed by atoms with van der Waals surface area (Å²) >= 11 is 7.22. The van der Waals surface area contributed by atoms with Crippen molar-refractivity contribution in [3.8, 4) is 17.2 Å². The second-order valence-corrected chi connectivity index (χ2v) is 6.83. The quantitative estimate of drug-likeness (QED) is 0.516. The van der Waals surface area contributed by atoms with E-state index in [1.807, 2.05) is 12.1 Å². The van der Waals surface area contributed by atoms with Crippen LogP contribution in [0.1, 0.15) is 11.1 Å². The molecule has 7 heteroatoms. The van der Waals surface area contributed by atoms with Crippen LogP contribution in [0.3, 0.4) is 0 Å². The van der Waals surface area contributed by atoms with Gasteiger partial charge < -0.3 is 0 Å². The fourth-order valence-corrected chi connectivity index (χ4v) is 3.42. The maximum atomic E-state index is 12.9. The lowest BCUT2D eigenvalue weighted by Crippen LogP contribution is -2.04. The SMILES string of the molecule is N#Cc1cc(-c2cccc(C(F)(F)F)c2)cnc1Sc1cccc(Cl)c1. The van der Waals surface area contributed by atoms with Crippen molar-refractivity contribution >= 4 is 23.4 Å². The Balaban J connectivity index is 1.96. The van der Waals surface area contributed by atoms with Gasteiger partial charge in [-0.15, -0.1) is 0 Å². The van der Waals surface area contributed by atoms with Crippen LogP contribution >= 0.6 is 23.4 Å². The molecule has 1 aromatic heterocycles. The van der Waals surface area contributed by atoms with Gasteiger partial charge in [0.1, 0.15) is 11.1 Å². The molecule has 0 radical (unpaired) electrons. The first-order valence-electron chi connectivity index (χ1n) is 7.38. The van der Waals surface area contributed by atoms with Crippen LogP contribution in [-0.2, 0) is 6.18 Å². The second-order valence-electron chi connectivity index (χ2n) is 5.33. The van der Waals surface area contributed by atoms with Crippen LogP contribution < -0.4 is 0 Å². The lowest BCUT2D eigenvalue weighted by molar-refractivity contribution is -0.137. The smallest absolute Gasteiger partial charge is 0.248 e. The average molecular weight is 391 g/mol. The molecule has 0 amide bonds. The third kappa shape index (κ3) is 4.18. The summed E-state index contributed by atoms with van der Waals surface area (Å²) < 4.78 is 38.7. The maximum Gasteiger partial charge on any atom is 0.416 e. The summed E-state index contributed by atoms with van der Waals surface area (Å²) in [5.74, 6) is 0. The molecule has 0 aliphatic rings. The van der Waals surface area contributed by atoms with Gasteiger partial charge >= 0.3 is 6.18 Å². The Hall–Kier alpha value is -2.49. The highest BCUT2D eigenvalue weighted by molar-refractivity contribution is 7.99. The van der Waals surface area contributed by atoms with Gasteiger partial charge in [-0.25, -0.2) is 4.98 Å². The van der Waals surface area contributed by atoms with Crippen LogP contribution in [0.5, 0.6) is 0 Å². The fourth-order valence-electron chi connectivity index (χ4n) is 2.29. The van der Waals surface area contributed by atoms with Gasteiger partial charge in [0.15, 0.2) is 0 Å². The number of halogens is 4. The van der Waals surface area contributed by atoms with E-state index in [4.69, 9.17) is 11.6 Å². The monoisotopic (exact) mass is 390 g/mol. The number of rotatable bonds is 3. The van der Waals surface area contributed by atoms with Crippen LogP contribution in [0.25, 0.3) is 11.1 Å². The van der Waals surface area contributed by atoms with Crippen molar-refractivity contribution in [2.75, 3.05) is 0 Å². The summed E-state index contributed by atoms with van der Waals surface area (Å²) in [6.07, 6.45) is -2.97. The first-order valence-corrected chi connectivity index (χ1v) is 8.57. The van der Waals surface area contributed by atoms with Crippen molar-refractivity contribution in [2.24, 2.45) is 0 Å². The van der Waals surface area contributed by atoms with E-state index in [0.717, 1.165) is 17.0 Å². The molecule has 3 aromatic rings. The number of nitriles is 1. The standard InChI is InChI=1S/C19H10ClF3N2S/c20-16-5-2-6-17(9-16)26-18-13(10-24)7-14(11-25-18)12-3-1-4-15(8-12)19(21,22)23/h1-9,11H. The number of hydrogen-bond donors (Lipinski definition) is 0. The Morgan fingerprint density at radius 2 is 1.77 bits per heavy atom. The van der Waals surface area contributed by atoms with Gasteiger partial charge in [0.05, 0.1) is 11.1 Å². The number of benzene rings is 2. The molecule has 0 spiro atoms. The third-order valence-corrected chi connectivity index (χ3v) is 4.75. The van der Waals surface area contributed by atoms with Gasteiger partial charge in [-0.05, 0) is 42.0 Å². The normalized spacial score (nSPS) is 11.2. The molecule has 0 aliphatic carbocycles. The van der Waals surface area contributed by atoms with Crippen LogP contribution in [0.2, 0.25) is 5.02 Å². The Labute approximate surface area is 157 Å². The Morgan fingerprint density at radius 1 is 1.00 bits per heavy atom. The topological polar surface area (TPSA) is 36.7 Å². The molecule has 0 aliphatic heterocycles. The zero-order valence-corrected chi connectivity index (χ0v) is 14.7. The third-order valence-electron chi connectivity index (χ3n) is 3.51. The summed E-state index contributed by atoms with van der Waals surface area (Å²) in [6.45, 7) is 0. The predicted molar refractivity (Wildman–Crippen MR) is 95.0 cm³/mol. The summed E-state index contributed by atoms with van der Waals surface area (Å²) in [4.78, 5) is 5.07. The maximum absolute atomic E-state index is 12.9. The van der Waals surface area contributed by atoms with Gasteiger partial charge in [0.2, 0.25) is 0 Å². The highest BCUT2D eigenvalue weighted by atomic mass is 35.5. The van der Waals surface area contributed by atoms with Crippen molar-refractivity contribution in [2.45, 2.75) is 16.1 Å². The van der Waals surface area contributed by atoms with Crippen LogP contribution in [-0.4, -0.2) is 4.98 Å². The van der Waals surface area contributed by atoms with E-state index in [2.05, 4.69) is 4.98 Å². The largest absolute Gasteiger partial charge is 0.416 e. The van der Waals surface area contributed by atoms with E-state index < -0.39 is 11.7 Å². The van der Waals surface area contributed by atoms with Crippen molar-refractivity contribution in [1.82, 2.24) is 4.98 Å². The van der Waals surface area contributed by atoms with Crippen molar-refractivity contribution in [1.29, 1.82) is 5.26 Å². The lowest BCUT2D eigenvalue weighted by Gasteiger charge is -2.10. The van der Waals surface area contributed by atoms with E-state index in [1.54, 1.807) is 24.3 Å². The molecule has 2 nitrogen and oxygen atoms in total. The molecular formula is C19H10ClF3N2S. The van der Waals surface area contributed by atoms with Gasteiger partial charge in [-0.2, -0.15) is 18.4 Å². The summed E-state index contributed by atoms with van der Waals surface area (Å²) in [5, 5.41) is 10.4. The molecule has 0 fully saturated rings. The lowest BCUT2D eigenvalue weighted by atomic mass is 10.0. The molecule has 1 heterocycles. The zero-order valence-electron chi connectivity index (χ0n) is 13.1. The number of nitrogens with zero attached hydrogens (tertiary/aromatic N) is 2. The zero-order chi connectivity index (χ0) is 18.7. The van der Waals surface area contributed by atoms with Crippen molar-refractivity contribution in [3.05, 3.63) is 76.9 Å². The Kier molecular flexibility index (Phi) is 5.21. The van der Waals surface area contributed by atoms with E-state index in [-0.39, 0.29) is 5.56 Å². The first kappa shape index (κ1) is 18.3. The molecule has 2 aromatic carbocycles. The van der Waals surface area contributed by atoms with Gasteiger partial charge in [0, 0.05) is 21.7 Å². The number of aromatic nitrogens is 1. The first-order chi connectivity index (χ1) is 12.4. The van der Waals surface area contributed by atoms with Crippen molar-refractivity contribution < 1.29 is 13.2 Å². The van der Waals surface area contributed by atoms with Crippen LogP contribution in [0, 0.1) is 11.3 Å². The van der Waals surface area contributed by atoms with Crippen LogP contribution in [0.4, 0.5) is 13.2 Å². The van der Waals surface area contributed by atoms with E-state index in [0.29, 0.717) is 21.2 Å². The van der Waals surface area contributed by atoms with Crippen molar-refractivity contribution in [3.63, 3.8) is 0 Å². The predicted octanol–water partition coefficient (Wildman–Crippen LogP) is 6.44. The van der Waals surface area contributed by atoms with E-state index >= 15 is 0 Å². The molecule has 0 saturated carbocycles. The van der Waals surface area contributed by atoms with Gasteiger partial charge in [0.25, 0.3) is 0 Å². The van der Waals surface area contributed by atoms with E-state index in [9.17, 15) is 18.4 Å². The Bertz CT molecular complexity index is 997. The van der Waals surface area contributed by atoms with Crippen LogP contribution in [0.15, 0.2) is 70.7 Å². The summed E-state index contributed by atoms with van der Waals surface area (Å²) in [5.41, 5.74) is 0.335. The minimum absolute atomic E-state index is 0.282. The second kappa shape index (κ2) is 7.40. The minimum atomic E-state index is -4.43. The molecule has 0 N–H and O–H groups in total. The number of alkyl halides is 3. The fraction of sp³-hybridized carbons (Fsp3) is 0.0526. The molecule has 0 atom stereocenters. The molecule has 0 saturated heterocycles. The number of pyridine rings is 1. The summed E-state index contributed by atoms with van der Waals surface area (Å²) in [6, 6.07) is 15.6. The average Bonchev–Trinajstić information content (AvgIpc) is 2.61.